The van der Waals surface area contributed by atoms with Crippen molar-refractivity contribution in [1.29, 1.82) is 0 Å². The Kier molecular flexibility index (Phi) is 4.44. The maximum atomic E-state index is 12.8. The van der Waals surface area contributed by atoms with Gasteiger partial charge in [-0.3, -0.25) is 4.72 Å². The van der Waals surface area contributed by atoms with Gasteiger partial charge in [-0.15, -0.1) is 0 Å². The molecule has 0 bridgehead atoms. The van der Waals surface area contributed by atoms with Crippen molar-refractivity contribution in [3.8, 4) is 5.75 Å². The first-order chi connectivity index (χ1) is 10.5. The molecule has 2 aromatic carbocycles. The molecule has 4 nitrogen and oxygen atoms in total. The van der Waals surface area contributed by atoms with Crippen LogP contribution in [0.3, 0.4) is 0 Å². The Morgan fingerprint density at radius 3 is 2.22 bits per heavy atom. The van der Waals surface area contributed by atoms with Gasteiger partial charge in [-0.25, -0.2) is 8.42 Å². The predicted molar refractivity (Wildman–Crippen MR) is 93.5 cm³/mol. The second-order valence-corrected chi connectivity index (χ2v) is 8.44. The van der Waals surface area contributed by atoms with Gasteiger partial charge in [0, 0.05) is 0 Å². The fourth-order valence-corrected chi connectivity index (χ4v) is 3.72. The molecule has 0 aliphatic carbocycles. The van der Waals surface area contributed by atoms with E-state index in [-0.39, 0.29) is 21.7 Å². The summed E-state index contributed by atoms with van der Waals surface area (Å²) in [5.74, 6) is -0.0996. The van der Waals surface area contributed by atoms with Crippen molar-refractivity contribution in [2.24, 2.45) is 0 Å². The number of benzene rings is 2. The van der Waals surface area contributed by atoms with Crippen molar-refractivity contribution >= 4 is 15.7 Å². The third-order valence-corrected chi connectivity index (χ3v) is 5.42. The Morgan fingerprint density at radius 2 is 1.65 bits per heavy atom. The minimum atomic E-state index is -3.78. The molecule has 0 saturated heterocycles. The summed E-state index contributed by atoms with van der Waals surface area (Å²) < 4.78 is 28.0. The molecule has 5 heteroatoms. The quantitative estimate of drug-likeness (QED) is 0.831. The van der Waals surface area contributed by atoms with Crippen LogP contribution in [0.15, 0.2) is 41.3 Å². The highest BCUT2D eigenvalue weighted by Crippen LogP contribution is 2.31. The zero-order valence-corrected chi connectivity index (χ0v) is 15.0. The highest BCUT2D eigenvalue weighted by Gasteiger charge is 2.23. The molecule has 0 unspecified atom stereocenters. The summed E-state index contributed by atoms with van der Waals surface area (Å²) >= 11 is 0. The number of phenols is 1. The lowest BCUT2D eigenvalue weighted by Crippen LogP contribution is -2.18. The van der Waals surface area contributed by atoms with Gasteiger partial charge in [0.15, 0.2) is 0 Å². The van der Waals surface area contributed by atoms with Gasteiger partial charge in [-0.1, -0.05) is 39.0 Å². The third kappa shape index (κ3) is 3.67. The highest BCUT2D eigenvalue weighted by atomic mass is 32.2. The van der Waals surface area contributed by atoms with E-state index in [4.69, 9.17) is 0 Å². The molecule has 0 atom stereocenters. The minimum Gasteiger partial charge on any atom is -0.506 e. The average molecular weight is 333 g/mol. The lowest BCUT2D eigenvalue weighted by Gasteiger charge is -2.22. The van der Waals surface area contributed by atoms with Gasteiger partial charge in [0.1, 0.15) is 5.75 Å². The standard InChI is InChI=1S/C18H23NO3S/c1-12-10-14(18(3,4)5)11-17(13(12)2)23(21,22)19-15-8-6-7-9-16(15)20/h6-11,19-20H,1-5H3. The lowest BCUT2D eigenvalue weighted by atomic mass is 9.85. The van der Waals surface area contributed by atoms with Crippen LogP contribution in [0.2, 0.25) is 0 Å². The van der Waals surface area contributed by atoms with E-state index in [0.29, 0.717) is 5.56 Å². The number of rotatable bonds is 3. The molecule has 0 fully saturated rings. The number of anilines is 1. The molecule has 2 rings (SSSR count). The lowest BCUT2D eigenvalue weighted by molar-refractivity contribution is 0.477. The SMILES string of the molecule is Cc1cc(C(C)(C)C)cc(S(=O)(=O)Nc2ccccc2O)c1C. The number of phenolic OH excluding ortho intramolecular Hbond substituents is 1. The Labute approximate surface area is 138 Å². The van der Waals surface area contributed by atoms with Crippen LogP contribution in [0.25, 0.3) is 0 Å². The van der Waals surface area contributed by atoms with Crippen LogP contribution >= 0.6 is 0 Å². The van der Waals surface area contributed by atoms with Crippen LogP contribution in [0.1, 0.15) is 37.5 Å². The molecular weight excluding hydrogens is 310 g/mol. The largest absolute Gasteiger partial charge is 0.506 e. The summed E-state index contributed by atoms with van der Waals surface area (Å²) in [6.07, 6.45) is 0. The molecule has 23 heavy (non-hydrogen) atoms. The molecule has 0 aromatic heterocycles. The fourth-order valence-electron chi connectivity index (χ4n) is 2.30. The number of hydrogen-bond acceptors (Lipinski definition) is 3. The Hall–Kier alpha value is -2.01. The summed E-state index contributed by atoms with van der Waals surface area (Å²) in [5.41, 5.74) is 2.61. The van der Waals surface area contributed by atoms with E-state index in [1.54, 1.807) is 25.1 Å². The Balaban J connectivity index is 2.56. The molecule has 124 valence electrons. The molecular formula is C18H23NO3S. The highest BCUT2D eigenvalue weighted by molar-refractivity contribution is 7.92. The number of aryl methyl sites for hydroxylation is 1. The van der Waals surface area contributed by atoms with E-state index < -0.39 is 10.0 Å². The second kappa shape index (κ2) is 5.89. The van der Waals surface area contributed by atoms with Crippen LogP contribution in [-0.4, -0.2) is 13.5 Å². The molecule has 2 aromatic rings. The van der Waals surface area contributed by atoms with Crippen LogP contribution in [-0.2, 0) is 15.4 Å². The zero-order valence-electron chi connectivity index (χ0n) is 14.1. The van der Waals surface area contributed by atoms with E-state index >= 15 is 0 Å². The summed E-state index contributed by atoms with van der Waals surface area (Å²) in [6.45, 7) is 9.84. The molecule has 0 spiro atoms. The van der Waals surface area contributed by atoms with Gasteiger partial charge in [-0.2, -0.15) is 0 Å². The molecule has 0 amide bonds. The molecule has 2 N–H and O–H groups in total. The molecule has 0 saturated carbocycles. The maximum Gasteiger partial charge on any atom is 0.262 e. The first-order valence-electron chi connectivity index (χ1n) is 7.45. The zero-order chi connectivity index (χ0) is 17.4. The summed E-state index contributed by atoms with van der Waals surface area (Å²) in [7, 11) is -3.78. The van der Waals surface area contributed by atoms with Crippen molar-refractivity contribution in [2.45, 2.75) is 44.9 Å². The number of nitrogens with one attached hydrogen (secondary N) is 1. The van der Waals surface area contributed by atoms with E-state index in [2.05, 4.69) is 4.72 Å². The molecule has 0 aliphatic heterocycles. The second-order valence-electron chi connectivity index (χ2n) is 6.79. The van der Waals surface area contributed by atoms with Crippen molar-refractivity contribution in [1.82, 2.24) is 0 Å². The van der Waals surface area contributed by atoms with E-state index in [9.17, 15) is 13.5 Å². The van der Waals surface area contributed by atoms with Crippen LogP contribution < -0.4 is 4.72 Å². The van der Waals surface area contributed by atoms with Gasteiger partial charge >= 0.3 is 0 Å². The van der Waals surface area contributed by atoms with E-state index in [1.165, 1.54) is 12.1 Å². The summed E-state index contributed by atoms with van der Waals surface area (Å²) in [4.78, 5) is 0.241. The van der Waals surface area contributed by atoms with Gasteiger partial charge in [0.25, 0.3) is 10.0 Å². The number of aromatic hydroxyl groups is 1. The first kappa shape index (κ1) is 17.3. The molecule has 0 heterocycles. The number of sulfonamides is 1. The molecule has 0 radical (unpaired) electrons. The fraction of sp³-hybridized carbons (Fsp3) is 0.333. The van der Waals surface area contributed by atoms with Crippen LogP contribution in [0.5, 0.6) is 5.75 Å². The number of para-hydroxylation sites is 2. The van der Waals surface area contributed by atoms with Gasteiger partial charge in [-0.05, 0) is 54.2 Å². The van der Waals surface area contributed by atoms with Crippen LogP contribution in [0, 0.1) is 13.8 Å². The van der Waals surface area contributed by atoms with Gasteiger partial charge < -0.3 is 5.11 Å². The van der Waals surface area contributed by atoms with Crippen molar-refractivity contribution < 1.29 is 13.5 Å². The molecule has 0 aliphatic rings. The average Bonchev–Trinajstić information content (AvgIpc) is 2.42. The van der Waals surface area contributed by atoms with E-state index in [0.717, 1.165) is 11.1 Å². The summed E-state index contributed by atoms with van der Waals surface area (Å²) in [5, 5.41) is 9.80. The first-order valence-corrected chi connectivity index (χ1v) is 8.93. The number of hydrogen-bond donors (Lipinski definition) is 2. The van der Waals surface area contributed by atoms with Gasteiger partial charge in [0.2, 0.25) is 0 Å². The Morgan fingerprint density at radius 1 is 1.04 bits per heavy atom. The van der Waals surface area contributed by atoms with E-state index in [1.807, 2.05) is 33.8 Å². The minimum absolute atomic E-state index is 0.0996. The smallest absolute Gasteiger partial charge is 0.262 e. The summed E-state index contributed by atoms with van der Waals surface area (Å²) in [6, 6.07) is 10.0. The van der Waals surface area contributed by atoms with Crippen molar-refractivity contribution in [3.63, 3.8) is 0 Å². The predicted octanol–water partition coefficient (Wildman–Crippen LogP) is 4.11. The monoisotopic (exact) mass is 333 g/mol. The third-order valence-electron chi connectivity index (χ3n) is 3.92. The van der Waals surface area contributed by atoms with Gasteiger partial charge in [0.05, 0.1) is 10.6 Å². The maximum absolute atomic E-state index is 12.8. The van der Waals surface area contributed by atoms with Crippen molar-refractivity contribution in [3.05, 3.63) is 53.1 Å². The Bertz CT molecular complexity index is 834. The van der Waals surface area contributed by atoms with Crippen LogP contribution in [0.4, 0.5) is 5.69 Å². The van der Waals surface area contributed by atoms with Crippen molar-refractivity contribution in [2.75, 3.05) is 4.72 Å². The normalized spacial score (nSPS) is 12.2. The topological polar surface area (TPSA) is 66.4 Å².